The number of morpholine rings is 2. The maximum atomic E-state index is 14.7. The Morgan fingerprint density at radius 1 is 1.09 bits per heavy atom. The van der Waals surface area contributed by atoms with Gasteiger partial charge in [-0.3, -0.25) is 4.99 Å². The molecule has 2 aliphatic rings. The summed E-state index contributed by atoms with van der Waals surface area (Å²) in [5.74, 6) is 0.237. The topological polar surface area (TPSA) is 49.3 Å². The molecule has 2 fully saturated rings. The third-order valence-corrected chi connectivity index (χ3v) is 5.83. The molecule has 2 aliphatic heterocycles. The fourth-order valence-electron chi connectivity index (χ4n) is 4.22. The number of hydrogen-bond donors (Lipinski definition) is 1. The van der Waals surface area contributed by atoms with Crippen molar-refractivity contribution < 1.29 is 18.3 Å². The van der Waals surface area contributed by atoms with Gasteiger partial charge in [-0.05, 0) is 42.3 Å². The first kappa shape index (κ1) is 25.6. The van der Waals surface area contributed by atoms with Gasteiger partial charge in [0.15, 0.2) is 5.96 Å². The van der Waals surface area contributed by atoms with Gasteiger partial charge < -0.3 is 24.6 Å². The largest absolute Gasteiger partial charge is 0.378 e. The van der Waals surface area contributed by atoms with Crippen molar-refractivity contribution in [3.05, 3.63) is 65.2 Å². The van der Waals surface area contributed by atoms with E-state index in [0.29, 0.717) is 51.6 Å². The lowest BCUT2D eigenvalue weighted by Gasteiger charge is -2.38. The molecule has 2 unspecified atom stereocenters. The summed E-state index contributed by atoms with van der Waals surface area (Å²) in [7, 11) is 1.73. The smallest absolute Gasteiger partial charge is 0.194 e. The Morgan fingerprint density at radius 3 is 2.48 bits per heavy atom. The first-order valence-electron chi connectivity index (χ1n) is 11.0. The number of hydrogen-bond acceptors (Lipinski definition) is 4. The van der Waals surface area contributed by atoms with Crippen LogP contribution in [-0.2, 0) is 16.0 Å². The molecule has 6 nitrogen and oxygen atoms in total. The lowest BCUT2D eigenvalue weighted by Crippen LogP contribution is -2.50. The number of nitrogens with one attached hydrogen (secondary N) is 1. The molecule has 0 spiro atoms. The molecule has 0 amide bonds. The van der Waals surface area contributed by atoms with E-state index in [4.69, 9.17) is 9.47 Å². The highest BCUT2D eigenvalue weighted by atomic mass is 127. The number of aliphatic imine (C=N–C) groups is 1. The third kappa shape index (κ3) is 6.54. The van der Waals surface area contributed by atoms with E-state index in [0.717, 1.165) is 17.1 Å². The van der Waals surface area contributed by atoms with E-state index in [9.17, 15) is 8.78 Å². The molecule has 2 aromatic rings. The Hall–Kier alpha value is -1.98. The molecular formula is C24H31F2IN4O2. The molecule has 4 rings (SSSR count). The summed E-state index contributed by atoms with van der Waals surface area (Å²) in [5.41, 5.74) is 2.39. The SMILES string of the molecule is CN=C(NCc1ccc(N2CCOCC2)c(F)c1)N1CC(C)OC(c2ccc(F)cc2)C1.I. The molecule has 0 radical (unpaired) electrons. The van der Waals surface area contributed by atoms with Crippen LogP contribution in [0.15, 0.2) is 47.5 Å². The zero-order valence-corrected chi connectivity index (χ0v) is 21.3. The highest BCUT2D eigenvalue weighted by molar-refractivity contribution is 14.0. The second-order valence-corrected chi connectivity index (χ2v) is 8.18. The molecule has 0 aromatic heterocycles. The van der Waals surface area contributed by atoms with Crippen molar-refractivity contribution in [2.45, 2.75) is 25.7 Å². The van der Waals surface area contributed by atoms with Crippen LogP contribution in [0.4, 0.5) is 14.5 Å². The van der Waals surface area contributed by atoms with Gasteiger partial charge in [-0.2, -0.15) is 0 Å². The first-order chi connectivity index (χ1) is 15.5. The molecule has 0 aliphatic carbocycles. The number of halogens is 3. The third-order valence-electron chi connectivity index (χ3n) is 5.83. The second kappa shape index (κ2) is 11.9. The molecule has 2 atom stereocenters. The summed E-state index contributed by atoms with van der Waals surface area (Å²) < 4.78 is 39.4. The molecule has 0 saturated carbocycles. The summed E-state index contributed by atoms with van der Waals surface area (Å²) in [6.45, 7) is 6.39. The van der Waals surface area contributed by atoms with Crippen LogP contribution in [0.25, 0.3) is 0 Å². The van der Waals surface area contributed by atoms with E-state index in [-0.39, 0.29) is 47.8 Å². The molecule has 9 heteroatoms. The van der Waals surface area contributed by atoms with Crippen molar-refractivity contribution in [2.75, 3.05) is 51.3 Å². The fraction of sp³-hybridized carbons (Fsp3) is 0.458. The van der Waals surface area contributed by atoms with Crippen LogP contribution in [0.2, 0.25) is 0 Å². The van der Waals surface area contributed by atoms with Gasteiger partial charge in [-0.1, -0.05) is 18.2 Å². The van der Waals surface area contributed by atoms with E-state index in [1.807, 2.05) is 24.0 Å². The number of ether oxygens (including phenoxy) is 2. The van der Waals surface area contributed by atoms with E-state index in [1.165, 1.54) is 12.1 Å². The quantitative estimate of drug-likeness (QED) is 0.342. The van der Waals surface area contributed by atoms with Gasteiger partial charge in [-0.25, -0.2) is 8.78 Å². The summed E-state index contributed by atoms with van der Waals surface area (Å²) >= 11 is 0. The van der Waals surface area contributed by atoms with Crippen molar-refractivity contribution >= 4 is 35.6 Å². The normalized spacial score (nSPS) is 21.5. The minimum atomic E-state index is -0.265. The van der Waals surface area contributed by atoms with Gasteiger partial charge in [0.25, 0.3) is 0 Å². The van der Waals surface area contributed by atoms with Crippen LogP contribution < -0.4 is 10.2 Å². The van der Waals surface area contributed by atoms with Crippen molar-refractivity contribution in [1.29, 1.82) is 0 Å². The lowest BCUT2D eigenvalue weighted by molar-refractivity contribution is -0.0605. The minimum Gasteiger partial charge on any atom is -0.378 e. The summed E-state index contributed by atoms with van der Waals surface area (Å²) in [6.07, 6.45) is -0.189. The Balaban J connectivity index is 0.00000306. The highest BCUT2D eigenvalue weighted by Crippen LogP contribution is 2.26. The predicted octanol–water partition coefficient (Wildman–Crippen LogP) is 3.96. The average Bonchev–Trinajstić information content (AvgIpc) is 2.80. The number of nitrogens with zero attached hydrogens (tertiary/aromatic N) is 3. The average molecular weight is 572 g/mol. The minimum absolute atomic E-state index is 0. The van der Waals surface area contributed by atoms with E-state index >= 15 is 0 Å². The van der Waals surface area contributed by atoms with Crippen LogP contribution in [0, 0.1) is 11.6 Å². The number of benzene rings is 2. The van der Waals surface area contributed by atoms with Gasteiger partial charge in [0, 0.05) is 33.2 Å². The van der Waals surface area contributed by atoms with Crippen LogP contribution in [0.3, 0.4) is 0 Å². The van der Waals surface area contributed by atoms with Crippen LogP contribution in [0.1, 0.15) is 24.2 Å². The lowest BCUT2D eigenvalue weighted by atomic mass is 10.1. The predicted molar refractivity (Wildman–Crippen MR) is 136 cm³/mol. The Morgan fingerprint density at radius 2 is 1.82 bits per heavy atom. The zero-order chi connectivity index (χ0) is 22.5. The van der Waals surface area contributed by atoms with Gasteiger partial charge in [0.1, 0.15) is 17.7 Å². The van der Waals surface area contributed by atoms with Crippen molar-refractivity contribution in [3.63, 3.8) is 0 Å². The standard InChI is InChI=1S/C24H30F2N4O2.HI/c1-17-15-30(16-23(32-17)19-4-6-20(25)7-5-19)24(27-2)28-14-18-3-8-22(21(26)13-18)29-9-11-31-12-10-29;/h3-8,13,17,23H,9-12,14-16H2,1-2H3,(H,27,28);1H. The van der Waals surface area contributed by atoms with Crippen LogP contribution in [0.5, 0.6) is 0 Å². The van der Waals surface area contributed by atoms with Gasteiger partial charge in [-0.15, -0.1) is 24.0 Å². The maximum absolute atomic E-state index is 14.7. The fourth-order valence-corrected chi connectivity index (χ4v) is 4.22. The monoisotopic (exact) mass is 572 g/mol. The maximum Gasteiger partial charge on any atom is 0.194 e. The Kier molecular flexibility index (Phi) is 9.27. The van der Waals surface area contributed by atoms with Crippen LogP contribution >= 0.6 is 24.0 Å². The second-order valence-electron chi connectivity index (χ2n) is 8.18. The van der Waals surface area contributed by atoms with E-state index < -0.39 is 0 Å². The Bertz CT molecular complexity index is 939. The number of anilines is 1. The molecular weight excluding hydrogens is 541 g/mol. The number of rotatable bonds is 4. The molecule has 180 valence electrons. The zero-order valence-electron chi connectivity index (χ0n) is 19.0. The van der Waals surface area contributed by atoms with Gasteiger partial charge in [0.05, 0.1) is 31.5 Å². The van der Waals surface area contributed by atoms with Crippen LogP contribution in [-0.4, -0.2) is 63.4 Å². The first-order valence-corrected chi connectivity index (χ1v) is 11.0. The molecule has 2 aromatic carbocycles. The molecule has 1 N–H and O–H groups in total. The summed E-state index contributed by atoms with van der Waals surface area (Å²) in [6, 6.07) is 11.8. The molecule has 0 bridgehead atoms. The van der Waals surface area contributed by atoms with Crippen molar-refractivity contribution in [2.24, 2.45) is 4.99 Å². The van der Waals surface area contributed by atoms with E-state index in [2.05, 4.69) is 15.2 Å². The molecule has 2 saturated heterocycles. The van der Waals surface area contributed by atoms with Crippen molar-refractivity contribution in [3.8, 4) is 0 Å². The molecule has 2 heterocycles. The van der Waals surface area contributed by atoms with Gasteiger partial charge >= 0.3 is 0 Å². The highest BCUT2D eigenvalue weighted by Gasteiger charge is 2.28. The summed E-state index contributed by atoms with van der Waals surface area (Å²) in [4.78, 5) is 8.56. The molecule has 33 heavy (non-hydrogen) atoms. The number of guanidine groups is 1. The summed E-state index contributed by atoms with van der Waals surface area (Å²) in [5, 5.41) is 3.34. The van der Waals surface area contributed by atoms with Gasteiger partial charge in [0.2, 0.25) is 0 Å². The van der Waals surface area contributed by atoms with E-state index in [1.54, 1.807) is 25.2 Å². The Labute approximate surface area is 211 Å². The van der Waals surface area contributed by atoms with Crippen molar-refractivity contribution in [1.82, 2.24) is 10.2 Å².